The van der Waals surface area contributed by atoms with E-state index >= 15 is 0 Å². The van der Waals surface area contributed by atoms with Crippen molar-refractivity contribution in [1.82, 2.24) is 9.97 Å². The van der Waals surface area contributed by atoms with Gasteiger partial charge in [-0.15, -0.1) is 0 Å². The van der Waals surface area contributed by atoms with Crippen molar-refractivity contribution in [3.05, 3.63) is 89.2 Å². The average molecular weight is 373 g/mol. The van der Waals surface area contributed by atoms with Crippen LogP contribution in [0.5, 0.6) is 11.6 Å². The third-order valence-electron chi connectivity index (χ3n) is 4.03. The van der Waals surface area contributed by atoms with Gasteiger partial charge in [0.05, 0.1) is 10.6 Å². The quantitative estimate of drug-likeness (QED) is 0.371. The first-order chi connectivity index (χ1) is 13.7. The first kappa shape index (κ1) is 17.2. The van der Waals surface area contributed by atoms with Crippen LogP contribution in [-0.4, -0.2) is 14.9 Å². The largest absolute Gasteiger partial charge is 0.433 e. The summed E-state index contributed by atoms with van der Waals surface area (Å²) in [5.74, 6) is 0.328. The molecule has 4 rings (SSSR count). The van der Waals surface area contributed by atoms with Crippen molar-refractivity contribution in [3.8, 4) is 11.6 Å². The molecule has 0 fully saturated rings. The fourth-order valence-electron chi connectivity index (χ4n) is 2.74. The highest BCUT2D eigenvalue weighted by Gasteiger charge is 2.25. The number of hydrazine groups is 1. The molecule has 0 amide bonds. The van der Waals surface area contributed by atoms with Gasteiger partial charge in [-0.25, -0.2) is 4.98 Å². The van der Waals surface area contributed by atoms with E-state index in [0.717, 1.165) is 16.5 Å². The highest BCUT2D eigenvalue weighted by Crippen LogP contribution is 2.36. The molecule has 0 bridgehead atoms. The molecule has 1 aromatic heterocycles. The first-order valence-electron chi connectivity index (χ1n) is 8.44. The van der Waals surface area contributed by atoms with Gasteiger partial charge in [0.15, 0.2) is 0 Å². The predicted octanol–water partition coefficient (Wildman–Crippen LogP) is 4.77. The van der Waals surface area contributed by atoms with Crippen molar-refractivity contribution in [1.29, 1.82) is 0 Å². The summed E-state index contributed by atoms with van der Waals surface area (Å²) in [4.78, 5) is 19.1. The summed E-state index contributed by atoms with van der Waals surface area (Å²) >= 11 is 0. The number of anilines is 2. The van der Waals surface area contributed by atoms with Gasteiger partial charge in [0.1, 0.15) is 12.1 Å². The predicted molar refractivity (Wildman–Crippen MR) is 106 cm³/mol. The summed E-state index contributed by atoms with van der Waals surface area (Å²) in [6.07, 6.45) is 1.21. The van der Waals surface area contributed by atoms with E-state index in [1.807, 2.05) is 66.7 Å². The fourth-order valence-corrected chi connectivity index (χ4v) is 2.74. The SMILES string of the molecule is O=[N+]([O-])c1c(NNc2ccccc2)ncnc1Oc1cccc2ccccc12. The van der Waals surface area contributed by atoms with Gasteiger partial charge < -0.3 is 4.74 Å². The standard InChI is InChI=1S/C20H15N5O3/c26-25(27)18-19(24-23-15-9-2-1-3-10-15)21-13-22-20(18)28-17-12-6-8-14-7-4-5-11-16(14)17/h1-13,23H,(H,21,22,24). The second-order valence-electron chi connectivity index (χ2n) is 5.83. The van der Waals surface area contributed by atoms with Crippen LogP contribution in [0.4, 0.5) is 17.2 Å². The van der Waals surface area contributed by atoms with Gasteiger partial charge in [0, 0.05) is 5.39 Å². The Morgan fingerprint density at radius 2 is 1.61 bits per heavy atom. The van der Waals surface area contributed by atoms with E-state index in [1.54, 1.807) is 6.07 Å². The third kappa shape index (κ3) is 3.51. The van der Waals surface area contributed by atoms with E-state index in [9.17, 15) is 10.1 Å². The monoisotopic (exact) mass is 373 g/mol. The molecule has 0 aliphatic carbocycles. The van der Waals surface area contributed by atoms with Crippen molar-refractivity contribution in [2.75, 3.05) is 10.9 Å². The van der Waals surface area contributed by atoms with Gasteiger partial charge in [-0.1, -0.05) is 54.6 Å². The Morgan fingerprint density at radius 1 is 0.857 bits per heavy atom. The lowest BCUT2D eigenvalue weighted by molar-refractivity contribution is -0.385. The Bertz CT molecular complexity index is 1130. The van der Waals surface area contributed by atoms with Crippen molar-refractivity contribution >= 4 is 28.0 Å². The molecule has 0 unspecified atom stereocenters. The minimum atomic E-state index is -0.574. The number of nitro groups is 1. The maximum Gasteiger partial charge on any atom is 0.374 e. The maximum atomic E-state index is 11.7. The van der Waals surface area contributed by atoms with Crippen LogP contribution in [0.2, 0.25) is 0 Å². The zero-order valence-electron chi connectivity index (χ0n) is 14.6. The number of hydrogen-bond acceptors (Lipinski definition) is 7. The van der Waals surface area contributed by atoms with Crippen LogP contribution in [0.25, 0.3) is 10.8 Å². The summed E-state index contributed by atoms with van der Waals surface area (Å²) in [6.45, 7) is 0. The highest BCUT2D eigenvalue weighted by atomic mass is 16.6. The number of aromatic nitrogens is 2. The summed E-state index contributed by atoms with van der Waals surface area (Å²) in [6, 6.07) is 22.3. The lowest BCUT2D eigenvalue weighted by Gasteiger charge is -2.12. The van der Waals surface area contributed by atoms with Crippen LogP contribution in [0, 0.1) is 10.1 Å². The van der Waals surface area contributed by atoms with E-state index in [0.29, 0.717) is 5.75 Å². The van der Waals surface area contributed by atoms with Crippen molar-refractivity contribution in [3.63, 3.8) is 0 Å². The molecule has 2 N–H and O–H groups in total. The molecule has 4 aromatic rings. The first-order valence-corrected chi connectivity index (χ1v) is 8.44. The van der Waals surface area contributed by atoms with Crippen molar-refractivity contribution in [2.24, 2.45) is 0 Å². The number of nitrogens with one attached hydrogen (secondary N) is 2. The molecule has 8 heteroatoms. The van der Waals surface area contributed by atoms with Crippen LogP contribution >= 0.6 is 0 Å². The third-order valence-corrected chi connectivity index (χ3v) is 4.03. The fraction of sp³-hybridized carbons (Fsp3) is 0. The van der Waals surface area contributed by atoms with Crippen LogP contribution in [0.3, 0.4) is 0 Å². The molecule has 1 heterocycles. The molecule has 3 aromatic carbocycles. The van der Waals surface area contributed by atoms with Crippen molar-refractivity contribution < 1.29 is 9.66 Å². The van der Waals surface area contributed by atoms with Crippen LogP contribution in [0.15, 0.2) is 79.1 Å². The zero-order valence-corrected chi connectivity index (χ0v) is 14.6. The molecule has 8 nitrogen and oxygen atoms in total. The molecule has 0 saturated carbocycles. The zero-order chi connectivity index (χ0) is 19.3. The maximum absolute atomic E-state index is 11.7. The molecule has 138 valence electrons. The molecular formula is C20H15N5O3. The Hall–Kier alpha value is -4.20. The number of rotatable bonds is 6. The Morgan fingerprint density at radius 3 is 2.43 bits per heavy atom. The normalized spacial score (nSPS) is 10.4. The summed E-state index contributed by atoms with van der Waals surface area (Å²) in [5.41, 5.74) is 5.99. The van der Waals surface area contributed by atoms with Gasteiger partial charge >= 0.3 is 11.6 Å². The number of para-hydroxylation sites is 1. The highest BCUT2D eigenvalue weighted by molar-refractivity contribution is 5.88. The second-order valence-corrected chi connectivity index (χ2v) is 5.83. The van der Waals surface area contributed by atoms with E-state index in [1.165, 1.54) is 6.33 Å². The van der Waals surface area contributed by atoms with Crippen LogP contribution in [0.1, 0.15) is 0 Å². The summed E-state index contributed by atoms with van der Waals surface area (Å²) in [5, 5.41) is 13.5. The van der Waals surface area contributed by atoms with E-state index in [2.05, 4.69) is 20.8 Å². The Balaban J connectivity index is 1.68. The van der Waals surface area contributed by atoms with Crippen molar-refractivity contribution in [2.45, 2.75) is 0 Å². The molecule has 0 aliphatic rings. The van der Waals surface area contributed by atoms with Gasteiger partial charge in [-0.05, 0) is 23.6 Å². The summed E-state index contributed by atoms with van der Waals surface area (Å²) in [7, 11) is 0. The topological polar surface area (TPSA) is 102 Å². The lowest BCUT2D eigenvalue weighted by atomic mass is 10.1. The average Bonchev–Trinajstić information content (AvgIpc) is 2.73. The number of nitrogens with zero attached hydrogens (tertiary/aromatic N) is 3. The van der Waals surface area contributed by atoms with E-state index in [4.69, 9.17) is 4.74 Å². The summed E-state index contributed by atoms with van der Waals surface area (Å²) < 4.78 is 5.82. The van der Waals surface area contributed by atoms with Gasteiger partial charge in [-0.2, -0.15) is 4.98 Å². The van der Waals surface area contributed by atoms with Crippen LogP contribution < -0.4 is 15.6 Å². The van der Waals surface area contributed by atoms with Crippen LogP contribution in [-0.2, 0) is 0 Å². The smallest absolute Gasteiger partial charge is 0.374 e. The lowest BCUT2D eigenvalue weighted by Crippen LogP contribution is -2.12. The minimum absolute atomic E-state index is 0.000843. The minimum Gasteiger partial charge on any atom is -0.433 e. The van der Waals surface area contributed by atoms with E-state index < -0.39 is 4.92 Å². The number of benzene rings is 3. The molecule has 0 saturated heterocycles. The number of fused-ring (bicyclic) bond motifs is 1. The molecule has 0 radical (unpaired) electrons. The number of ether oxygens (including phenoxy) is 1. The molecule has 0 spiro atoms. The molecule has 0 atom stereocenters. The molecule has 0 aliphatic heterocycles. The number of hydrogen-bond donors (Lipinski definition) is 2. The molecule has 28 heavy (non-hydrogen) atoms. The second kappa shape index (κ2) is 7.58. The van der Waals surface area contributed by atoms with Gasteiger partial charge in [0.25, 0.3) is 0 Å². The Kier molecular flexibility index (Phi) is 4.67. The van der Waals surface area contributed by atoms with E-state index in [-0.39, 0.29) is 17.4 Å². The Labute approximate surface area is 160 Å². The van der Waals surface area contributed by atoms with Gasteiger partial charge in [-0.3, -0.25) is 21.0 Å². The molecular weight excluding hydrogens is 358 g/mol. The van der Waals surface area contributed by atoms with Gasteiger partial charge in [0.2, 0.25) is 5.82 Å².